The van der Waals surface area contributed by atoms with Gasteiger partial charge in [-0.05, 0) is 42.0 Å². The van der Waals surface area contributed by atoms with Crippen molar-refractivity contribution in [2.75, 3.05) is 0 Å². The Kier molecular flexibility index (Phi) is 4.75. The van der Waals surface area contributed by atoms with Crippen LogP contribution in [-0.4, -0.2) is 38.8 Å². The maximum atomic E-state index is 12.8. The third-order valence-corrected chi connectivity index (χ3v) is 5.70. The molecule has 1 saturated heterocycles. The molecular formula is C25H15NO8. The number of imide groups is 3. The molecule has 2 heterocycles. The quantitative estimate of drug-likeness (QED) is 0.353. The largest absolute Gasteiger partial charge is 0.508 e. The van der Waals surface area contributed by atoms with Crippen LogP contribution >= 0.6 is 0 Å². The van der Waals surface area contributed by atoms with Gasteiger partial charge in [-0.25, -0.2) is 9.69 Å². The van der Waals surface area contributed by atoms with Gasteiger partial charge in [-0.3, -0.25) is 19.2 Å². The van der Waals surface area contributed by atoms with Crippen LogP contribution in [0.5, 0.6) is 5.75 Å². The monoisotopic (exact) mass is 457 g/mol. The highest BCUT2D eigenvalue weighted by molar-refractivity contribution is 6.20. The van der Waals surface area contributed by atoms with E-state index in [-0.39, 0.29) is 52.1 Å². The summed E-state index contributed by atoms with van der Waals surface area (Å²) >= 11 is 0. The first-order chi connectivity index (χ1) is 16.2. The van der Waals surface area contributed by atoms with Crippen LogP contribution in [0.2, 0.25) is 0 Å². The van der Waals surface area contributed by atoms with Gasteiger partial charge in [0.25, 0.3) is 5.91 Å². The second-order valence-electron chi connectivity index (χ2n) is 7.81. The van der Waals surface area contributed by atoms with Crippen molar-refractivity contribution in [2.45, 2.75) is 12.8 Å². The third-order valence-electron chi connectivity index (χ3n) is 5.70. The molecule has 168 valence electrons. The summed E-state index contributed by atoms with van der Waals surface area (Å²) in [5, 5.41) is 20.3. The molecule has 1 aliphatic carbocycles. The summed E-state index contributed by atoms with van der Waals surface area (Å²) < 4.78 is 5.78. The fourth-order valence-electron chi connectivity index (χ4n) is 4.15. The molecule has 2 aliphatic heterocycles. The van der Waals surface area contributed by atoms with Gasteiger partial charge in [-0.1, -0.05) is 6.07 Å². The lowest BCUT2D eigenvalue weighted by Gasteiger charge is -2.18. The lowest BCUT2D eigenvalue weighted by Crippen LogP contribution is -2.35. The molecule has 2 N–H and O–H groups in total. The predicted molar refractivity (Wildman–Crippen MR) is 119 cm³/mol. The number of amides is 3. The Bertz CT molecular complexity index is 1570. The van der Waals surface area contributed by atoms with Crippen molar-refractivity contribution >= 4 is 34.7 Å². The Labute approximate surface area is 190 Å². The molecule has 0 spiro atoms. The first-order valence-electron chi connectivity index (χ1n) is 10.2. The molecule has 2 aromatic carbocycles. The van der Waals surface area contributed by atoms with Crippen molar-refractivity contribution in [3.8, 4) is 28.2 Å². The van der Waals surface area contributed by atoms with E-state index in [2.05, 4.69) is 0 Å². The number of hydrogen-bond acceptors (Lipinski definition) is 7. The number of hydrogen-bond donors (Lipinski definition) is 2. The van der Waals surface area contributed by atoms with Gasteiger partial charge in [0.15, 0.2) is 5.43 Å². The number of aromatic hydroxyl groups is 1. The second-order valence-corrected chi connectivity index (χ2v) is 7.81. The third kappa shape index (κ3) is 3.30. The van der Waals surface area contributed by atoms with Crippen LogP contribution in [0.1, 0.15) is 33.6 Å². The normalized spacial score (nSPS) is 13.7. The number of nitrogens with zero attached hydrogens (tertiary/aromatic N) is 1. The number of carbonyl (C=O) groups is 4. The minimum Gasteiger partial charge on any atom is -0.508 e. The molecular weight excluding hydrogens is 442 g/mol. The zero-order valence-corrected chi connectivity index (χ0v) is 17.4. The van der Waals surface area contributed by atoms with E-state index in [9.17, 15) is 34.2 Å². The number of aromatic carboxylic acids is 1. The summed E-state index contributed by atoms with van der Waals surface area (Å²) in [6.07, 6.45) is -0.150. The van der Waals surface area contributed by atoms with Crippen LogP contribution in [0.25, 0.3) is 33.4 Å². The Morgan fingerprint density at radius 1 is 0.853 bits per heavy atom. The van der Waals surface area contributed by atoms with Crippen molar-refractivity contribution in [1.82, 2.24) is 4.90 Å². The van der Waals surface area contributed by atoms with E-state index in [0.717, 1.165) is 6.07 Å². The van der Waals surface area contributed by atoms with Gasteiger partial charge >= 0.3 is 5.97 Å². The number of phenolic OH excluding ortho intramolecular Hbond substituents is 1. The van der Waals surface area contributed by atoms with Crippen molar-refractivity contribution < 1.29 is 33.8 Å². The maximum absolute atomic E-state index is 12.8. The van der Waals surface area contributed by atoms with Crippen molar-refractivity contribution in [3.63, 3.8) is 0 Å². The highest BCUT2D eigenvalue weighted by Gasteiger charge is 2.35. The molecule has 0 aromatic heterocycles. The average Bonchev–Trinajstić information content (AvgIpc) is 3.14. The van der Waals surface area contributed by atoms with Crippen LogP contribution in [-0.2, 0) is 9.59 Å². The SMILES string of the molecule is O=C(O)c1cc(C(=O)N2C(=O)CCC2=O)ccc1-c1c2ccc(=O)cc-2oc2cc(O)ccc12. The van der Waals surface area contributed by atoms with E-state index in [4.69, 9.17) is 4.42 Å². The van der Waals surface area contributed by atoms with E-state index >= 15 is 0 Å². The number of fused-ring (bicyclic) bond motifs is 2. The number of rotatable bonds is 3. The van der Waals surface area contributed by atoms with Crippen LogP contribution in [0, 0.1) is 0 Å². The lowest BCUT2D eigenvalue weighted by atomic mass is 9.89. The highest BCUT2D eigenvalue weighted by atomic mass is 16.4. The molecule has 0 unspecified atom stereocenters. The van der Waals surface area contributed by atoms with E-state index in [1.54, 1.807) is 6.07 Å². The predicted octanol–water partition coefficient (Wildman–Crippen LogP) is 3.26. The van der Waals surface area contributed by atoms with Crippen LogP contribution in [0.4, 0.5) is 0 Å². The van der Waals surface area contributed by atoms with Crippen molar-refractivity contribution in [2.24, 2.45) is 0 Å². The van der Waals surface area contributed by atoms with E-state index in [1.807, 2.05) is 0 Å². The fraction of sp³-hybridized carbons (Fsp3) is 0.0800. The zero-order valence-electron chi connectivity index (χ0n) is 17.4. The molecule has 3 amide bonds. The average molecular weight is 457 g/mol. The molecule has 3 aliphatic rings. The molecule has 2 aromatic rings. The Morgan fingerprint density at radius 3 is 2.26 bits per heavy atom. The van der Waals surface area contributed by atoms with Gasteiger partial charge in [0.05, 0.1) is 5.56 Å². The summed E-state index contributed by atoms with van der Waals surface area (Å²) in [4.78, 5) is 61.4. The second kappa shape index (κ2) is 7.66. The summed E-state index contributed by atoms with van der Waals surface area (Å²) in [6, 6.07) is 12.3. The molecule has 0 atom stereocenters. The summed E-state index contributed by atoms with van der Waals surface area (Å²) in [5.74, 6) is -3.40. The molecule has 0 saturated carbocycles. The van der Waals surface area contributed by atoms with Gasteiger partial charge in [-0.2, -0.15) is 0 Å². The number of carboxylic acids is 1. The molecule has 1 fully saturated rings. The van der Waals surface area contributed by atoms with E-state index < -0.39 is 23.7 Å². The minimum absolute atomic E-state index is 0.0749. The summed E-state index contributed by atoms with van der Waals surface area (Å²) in [6.45, 7) is 0. The number of carboxylic acid groups (broad SMARTS) is 1. The summed E-state index contributed by atoms with van der Waals surface area (Å²) in [7, 11) is 0. The smallest absolute Gasteiger partial charge is 0.336 e. The number of benzene rings is 3. The van der Waals surface area contributed by atoms with Crippen molar-refractivity contribution in [3.05, 3.63) is 75.9 Å². The Hall–Kier alpha value is -4.79. The molecule has 9 heteroatoms. The minimum atomic E-state index is -1.34. The molecule has 34 heavy (non-hydrogen) atoms. The Balaban J connectivity index is 1.77. The van der Waals surface area contributed by atoms with E-state index in [1.165, 1.54) is 42.5 Å². The Morgan fingerprint density at radius 2 is 1.56 bits per heavy atom. The first-order valence-corrected chi connectivity index (χ1v) is 10.2. The molecule has 9 nitrogen and oxygen atoms in total. The van der Waals surface area contributed by atoms with Crippen LogP contribution in [0.3, 0.4) is 0 Å². The molecule has 5 rings (SSSR count). The molecule has 0 radical (unpaired) electrons. The molecule has 0 bridgehead atoms. The topological polar surface area (TPSA) is 142 Å². The van der Waals surface area contributed by atoms with Gasteiger partial charge in [0.2, 0.25) is 11.8 Å². The summed E-state index contributed by atoms with van der Waals surface area (Å²) in [5.41, 5.74) is 0.610. The van der Waals surface area contributed by atoms with Gasteiger partial charge in [-0.15, -0.1) is 0 Å². The number of phenols is 1. The lowest BCUT2D eigenvalue weighted by molar-refractivity contribution is -0.135. The maximum Gasteiger partial charge on any atom is 0.336 e. The van der Waals surface area contributed by atoms with Crippen molar-refractivity contribution in [1.29, 1.82) is 0 Å². The zero-order chi connectivity index (χ0) is 24.1. The standard InChI is InChI=1S/C25H15NO8/c27-13-2-5-16-19(10-13)34-20-11-14(28)3-6-17(20)23(16)15-4-1-12(9-18(15)25(32)33)24(31)26-21(29)7-8-22(26)30/h1-6,9-11,27H,7-8H2,(H,32,33). The van der Waals surface area contributed by atoms with Gasteiger partial charge in [0, 0.05) is 47.1 Å². The number of likely N-dealkylation sites (tertiary alicyclic amines) is 1. The van der Waals surface area contributed by atoms with Crippen LogP contribution < -0.4 is 5.43 Å². The first kappa shape index (κ1) is 21.1. The van der Waals surface area contributed by atoms with E-state index in [0.29, 0.717) is 21.4 Å². The van der Waals surface area contributed by atoms with Gasteiger partial charge < -0.3 is 14.6 Å². The number of carbonyl (C=O) groups excluding carboxylic acids is 3. The highest BCUT2D eigenvalue weighted by Crippen LogP contribution is 2.42. The van der Waals surface area contributed by atoms with Gasteiger partial charge in [0.1, 0.15) is 17.1 Å². The fourth-order valence-corrected chi connectivity index (χ4v) is 4.15. The van der Waals surface area contributed by atoms with Crippen LogP contribution in [0.15, 0.2) is 63.8 Å².